The second kappa shape index (κ2) is 2.45. The van der Waals surface area contributed by atoms with Crippen molar-refractivity contribution < 1.29 is 5.11 Å². The third-order valence-corrected chi connectivity index (χ3v) is 2.90. The van der Waals surface area contributed by atoms with Crippen molar-refractivity contribution in [1.29, 1.82) is 0 Å². The van der Waals surface area contributed by atoms with Gasteiger partial charge >= 0.3 is 0 Å². The maximum absolute atomic E-state index is 9.17. The highest BCUT2D eigenvalue weighted by atomic mass is 32.1. The predicted molar refractivity (Wildman–Crippen MR) is 47.7 cm³/mol. The number of rotatable bonds is 0. The lowest BCUT2D eigenvalue weighted by atomic mass is 10.4. The van der Waals surface area contributed by atoms with Crippen LogP contribution in [0.5, 0.6) is 5.75 Å². The van der Waals surface area contributed by atoms with Crippen LogP contribution in [-0.2, 0) is 0 Å². The Kier molecular flexibility index (Phi) is 1.94. The molecule has 0 atom stereocenters. The van der Waals surface area contributed by atoms with Crippen LogP contribution in [0.2, 0.25) is 0 Å². The van der Waals surface area contributed by atoms with Crippen LogP contribution in [0.15, 0.2) is 0 Å². The fourth-order valence-electron chi connectivity index (χ4n) is 0.659. The van der Waals surface area contributed by atoms with E-state index in [0.29, 0.717) is 19.1 Å². The van der Waals surface area contributed by atoms with Gasteiger partial charge in [-0.1, -0.05) is 36.7 Å². The highest BCUT2D eigenvalue weighted by Crippen LogP contribution is 2.22. The molecule has 0 aliphatic heterocycles. The summed E-state index contributed by atoms with van der Waals surface area (Å²) in [5, 5.41) is 9.17. The van der Waals surface area contributed by atoms with Crippen molar-refractivity contribution in [3.05, 3.63) is 19.1 Å². The van der Waals surface area contributed by atoms with Crippen LogP contribution >= 0.6 is 36.7 Å². The van der Waals surface area contributed by atoms with E-state index in [0.717, 1.165) is 0 Å². The quantitative estimate of drug-likeness (QED) is 0.631. The fraction of sp³-hybridized carbons (Fsp3) is 0.167. The molecule has 1 N–H and O–H groups in total. The minimum absolute atomic E-state index is 0.0741. The Balaban J connectivity index is 3.97. The molecule has 1 aromatic rings. The first-order valence-corrected chi connectivity index (χ1v) is 3.81. The van der Waals surface area contributed by atoms with Gasteiger partial charge in [0.2, 0.25) is 0 Å². The van der Waals surface area contributed by atoms with Gasteiger partial charge in [-0.15, -0.1) is 0 Å². The van der Waals surface area contributed by atoms with Gasteiger partial charge in [0.25, 0.3) is 0 Å². The molecule has 1 nitrogen and oxygen atoms in total. The second-order valence-electron chi connectivity index (χ2n) is 1.96. The monoisotopic (exact) mass is 188 g/mol. The van der Waals surface area contributed by atoms with E-state index in [4.69, 9.17) is 36.7 Å². The highest BCUT2D eigenvalue weighted by molar-refractivity contribution is 7.75. The Morgan fingerprint density at radius 3 is 1.60 bits per heavy atom. The molecule has 0 bridgehead atoms. The Bertz CT molecular complexity index is 361. The molecular weight excluding hydrogens is 184 g/mol. The Morgan fingerprint density at radius 1 is 1.00 bits per heavy atom. The summed E-state index contributed by atoms with van der Waals surface area (Å²) in [6.07, 6.45) is 0. The maximum atomic E-state index is 9.17. The maximum Gasteiger partial charge on any atom is 0.139 e. The molecule has 1 rings (SSSR count). The summed E-state index contributed by atoms with van der Waals surface area (Å²) in [4.78, 5) is 0. The molecule has 0 aromatic heterocycles. The Hall–Kier alpha value is -0.190. The molecule has 0 unspecified atom stereocenters. The van der Waals surface area contributed by atoms with E-state index in [2.05, 4.69) is 0 Å². The lowest BCUT2D eigenvalue weighted by molar-refractivity contribution is 0.471. The van der Waals surface area contributed by atoms with Crippen molar-refractivity contribution in [3.63, 3.8) is 0 Å². The fourth-order valence-corrected chi connectivity index (χ4v) is 1.43. The third-order valence-electron chi connectivity index (χ3n) is 1.32. The van der Waals surface area contributed by atoms with Crippen molar-refractivity contribution in [2.45, 2.75) is 6.92 Å². The average molecular weight is 188 g/mol. The molecule has 0 radical (unpaired) electrons. The van der Waals surface area contributed by atoms with Crippen molar-refractivity contribution in [2.24, 2.45) is 0 Å². The van der Waals surface area contributed by atoms with Crippen LogP contribution < -0.4 is 0 Å². The van der Waals surface area contributed by atoms with Gasteiger partial charge in [0.1, 0.15) is 5.75 Å². The summed E-state index contributed by atoms with van der Waals surface area (Å²) in [5.74, 6) is 0.0741. The van der Waals surface area contributed by atoms with Crippen LogP contribution in [0.4, 0.5) is 0 Å². The van der Waals surface area contributed by atoms with Crippen LogP contribution in [0.1, 0.15) is 5.56 Å². The van der Waals surface area contributed by atoms with Crippen LogP contribution in [0.3, 0.4) is 0 Å². The summed E-state index contributed by atoms with van der Waals surface area (Å²) in [6, 6.07) is 0. The Morgan fingerprint density at radius 2 is 1.50 bits per heavy atom. The molecule has 1 aromatic carbocycles. The number of aromatic hydroxyl groups is 1. The van der Waals surface area contributed by atoms with Gasteiger partial charge in [0.15, 0.2) is 0 Å². The number of hydrogen-bond donors (Lipinski definition) is 1. The van der Waals surface area contributed by atoms with E-state index >= 15 is 0 Å². The van der Waals surface area contributed by atoms with Crippen molar-refractivity contribution in [2.75, 3.05) is 0 Å². The first-order valence-electron chi connectivity index (χ1n) is 2.59. The molecule has 0 aliphatic carbocycles. The second-order valence-corrected chi connectivity index (χ2v) is 3.19. The topological polar surface area (TPSA) is 20.2 Å². The average Bonchev–Trinajstić information content (AvgIpc) is 2.07. The molecule has 52 valence electrons. The first-order chi connectivity index (χ1) is 4.55. The normalized spacial score (nSPS) is 10.1. The third kappa shape index (κ3) is 0.923. The molecule has 0 aliphatic rings. The standard InChI is InChI=1S/C6H4OS3/c1-2-3(7)5(9)6(10)4(2)8/h7H,1H3. The molecule has 0 heterocycles. The summed E-state index contributed by atoms with van der Waals surface area (Å²) < 4.78 is 1.26. The van der Waals surface area contributed by atoms with Gasteiger partial charge in [-0.05, 0) is 6.92 Å². The summed E-state index contributed by atoms with van der Waals surface area (Å²) >= 11 is 14.5. The van der Waals surface area contributed by atoms with Gasteiger partial charge in [-0.2, -0.15) is 0 Å². The zero-order chi connectivity index (χ0) is 7.89. The van der Waals surface area contributed by atoms with Crippen LogP contribution in [0, 0.1) is 20.5 Å². The molecule has 0 spiro atoms. The van der Waals surface area contributed by atoms with E-state index < -0.39 is 0 Å². The van der Waals surface area contributed by atoms with Crippen LogP contribution in [0.25, 0.3) is 0 Å². The summed E-state index contributed by atoms with van der Waals surface area (Å²) in [6.45, 7) is 1.71. The van der Waals surface area contributed by atoms with Crippen LogP contribution in [-0.4, -0.2) is 5.11 Å². The van der Waals surface area contributed by atoms with Crippen molar-refractivity contribution in [1.82, 2.24) is 0 Å². The summed E-state index contributed by atoms with van der Waals surface area (Å²) in [7, 11) is 0. The highest BCUT2D eigenvalue weighted by Gasteiger charge is 2.04. The molecule has 0 saturated carbocycles. The van der Waals surface area contributed by atoms with Gasteiger partial charge in [-0.25, -0.2) is 0 Å². The SMILES string of the molecule is Cc1c(O)c(=S)c(=S)c1=S. The molecule has 4 heteroatoms. The number of hydrogen-bond acceptors (Lipinski definition) is 4. The van der Waals surface area contributed by atoms with Crippen molar-refractivity contribution in [3.8, 4) is 5.75 Å². The lowest BCUT2D eigenvalue weighted by Crippen LogP contribution is -1.61. The van der Waals surface area contributed by atoms with E-state index in [-0.39, 0.29) is 5.75 Å². The van der Waals surface area contributed by atoms with Gasteiger partial charge in [0, 0.05) is 5.56 Å². The Labute approximate surface area is 73.7 Å². The molecule has 0 fully saturated rings. The lowest BCUT2D eigenvalue weighted by Gasteiger charge is -1.82. The zero-order valence-electron chi connectivity index (χ0n) is 5.17. The molecular formula is C6H4OS3. The smallest absolute Gasteiger partial charge is 0.139 e. The van der Waals surface area contributed by atoms with E-state index in [1.54, 1.807) is 6.92 Å². The van der Waals surface area contributed by atoms with E-state index in [9.17, 15) is 5.11 Å². The molecule has 10 heavy (non-hydrogen) atoms. The molecule has 0 amide bonds. The molecule has 0 saturated heterocycles. The van der Waals surface area contributed by atoms with E-state index in [1.165, 1.54) is 0 Å². The van der Waals surface area contributed by atoms with Gasteiger partial charge < -0.3 is 5.11 Å². The largest absolute Gasteiger partial charge is 0.506 e. The van der Waals surface area contributed by atoms with Gasteiger partial charge in [-0.3, -0.25) is 0 Å². The van der Waals surface area contributed by atoms with Crippen molar-refractivity contribution >= 4 is 36.7 Å². The zero-order valence-corrected chi connectivity index (χ0v) is 7.62. The summed E-state index contributed by atoms with van der Waals surface area (Å²) in [5.41, 5.74) is 0.630. The predicted octanol–water partition coefficient (Wildman–Crippen LogP) is 2.76. The van der Waals surface area contributed by atoms with E-state index in [1.807, 2.05) is 0 Å². The first kappa shape index (κ1) is 7.91. The minimum atomic E-state index is 0.0741. The minimum Gasteiger partial charge on any atom is -0.506 e. The van der Waals surface area contributed by atoms with Gasteiger partial charge in [0.05, 0.1) is 13.5 Å².